The predicted octanol–water partition coefficient (Wildman–Crippen LogP) is 4.03. The van der Waals surface area contributed by atoms with Gasteiger partial charge in [0.25, 0.3) is 5.91 Å². The quantitative estimate of drug-likeness (QED) is 0.520. The summed E-state index contributed by atoms with van der Waals surface area (Å²) in [6, 6.07) is 17.2. The van der Waals surface area contributed by atoms with Gasteiger partial charge in [0.05, 0.1) is 21.2 Å². The topological polar surface area (TPSA) is 88.6 Å². The zero-order chi connectivity index (χ0) is 23.3. The van der Waals surface area contributed by atoms with E-state index in [1.165, 1.54) is 22.5 Å². The maximum Gasteiger partial charge on any atom is 0.253 e. The number of nitrogens with zero attached hydrogens (tertiary/aromatic N) is 2. The molecular weight excluding hydrogens is 462 g/mol. The summed E-state index contributed by atoms with van der Waals surface area (Å²) >= 11 is 6.21. The predicted molar refractivity (Wildman–Crippen MR) is 126 cm³/mol. The number of pyridine rings is 1. The molecular formula is C24H24ClN3O4S. The molecule has 1 amide bonds. The Morgan fingerprint density at radius 1 is 1.06 bits per heavy atom. The van der Waals surface area contributed by atoms with Gasteiger partial charge in [0.2, 0.25) is 10.0 Å². The third-order valence-corrected chi connectivity index (χ3v) is 7.57. The Balaban J connectivity index is 1.41. The molecule has 2 aromatic carbocycles. The summed E-state index contributed by atoms with van der Waals surface area (Å²) in [6.07, 6.45) is 3.39. The van der Waals surface area contributed by atoms with E-state index >= 15 is 0 Å². The second kappa shape index (κ2) is 10.3. The van der Waals surface area contributed by atoms with Gasteiger partial charge in [0, 0.05) is 25.8 Å². The number of amides is 1. The molecule has 9 heteroatoms. The number of hydrogen-bond acceptors (Lipinski definition) is 5. The van der Waals surface area contributed by atoms with Crippen molar-refractivity contribution in [1.82, 2.24) is 14.6 Å². The van der Waals surface area contributed by atoms with Crippen molar-refractivity contribution < 1.29 is 17.9 Å². The van der Waals surface area contributed by atoms with Gasteiger partial charge in [-0.05, 0) is 60.9 Å². The summed E-state index contributed by atoms with van der Waals surface area (Å²) in [5, 5.41) is 3.00. The molecule has 172 valence electrons. The van der Waals surface area contributed by atoms with Crippen LogP contribution in [0.2, 0.25) is 5.02 Å². The Labute approximate surface area is 198 Å². The molecule has 0 saturated carbocycles. The number of ether oxygens (including phenoxy) is 1. The van der Waals surface area contributed by atoms with E-state index in [4.69, 9.17) is 16.3 Å². The number of hydrogen-bond donors (Lipinski definition) is 1. The molecule has 0 aliphatic carbocycles. The van der Waals surface area contributed by atoms with E-state index in [2.05, 4.69) is 10.3 Å². The van der Waals surface area contributed by atoms with Crippen LogP contribution in [0.1, 0.15) is 34.5 Å². The van der Waals surface area contributed by atoms with Crippen LogP contribution in [0.5, 0.6) is 5.75 Å². The van der Waals surface area contributed by atoms with Crippen LogP contribution in [-0.2, 0) is 23.2 Å². The molecule has 1 N–H and O–H groups in total. The van der Waals surface area contributed by atoms with E-state index in [0.717, 1.165) is 24.1 Å². The maximum atomic E-state index is 12.8. The molecule has 1 aliphatic rings. The van der Waals surface area contributed by atoms with Crippen LogP contribution in [0, 0.1) is 0 Å². The van der Waals surface area contributed by atoms with E-state index < -0.39 is 15.9 Å². The fourth-order valence-electron chi connectivity index (χ4n) is 3.58. The van der Waals surface area contributed by atoms with Crippen molar-refractivity contribution in [2.75, 3.05) is 13.1 Å². The second-order valence-electron chi connectivity index (χ2n) is 7.69. The van der Waals surface area contributed by atoms with Crippen LogP contribution < -0.4 is 10.1 Å². The standard InChI is InChI=1S/C24H24ClN3O4S/c25-23-10-9-21(33(30,31)28-12-3-4-13-28)15-22(23)24(29)27-16-18-6-5-8-20(14-18)32-17-19-7-1-2-11-26-19/h1-2,5-11,14-15H,3-4,12-13,16-17H2,(H,27,29). The third-order valence-electron chi connectivity index (χ3n) is 5.35. The van der Waals surface area contributed by atoms with E-state index in [0.29, 0.717) is 25.4 Å². The molecule has 1 aliphatic heterocycles. The lowest BCUT2D eigenvalue weighted by Gasteiger charge is -2.16. The summed E-state index contributed by atoms with van der Waals surface area (Å²) < 4.78 is 32.9. The number of halogens is 1. The summed E-state index contributed by atoms with van der Waals surface area (Å²) in [7, 11) is -3.64. The Hall–Kier alpha value is -2.94. The number of nitrogens with one attached hydrogen (secondary N) is 1. The lowest BCUT2D eigenvalue weighted by molar-refractivity contribution is 0.0950. The molecule has 1 fully saturated rings. The first kappa shape index (κ1) is 23.2. The Bertz CT molecular complexity index is 1230. The number of carbonyl (C=O) groups excluding carboxylic acids is 1. The second-order valence-corrected chi connectivity index (χ2v) is 10.0. The molecule has 0 unspecified atom stereocenters. The smallest absolute Gasteiger partial charge is 0.253 e. The molecule has 1 saturated heterocycles. The Morgan fingerprint density at radius 3 is 2.64 bits per heavy atom. The van der Waals surface area contributed by atoms with Crippen molar-refractivity contribution >= 4 is 27.5 Å². The van der Waals surface area contributed by atoms with Crippen LogP contribution >= 0.6 is 11.6 Å². The maximum absolute atomic E-state index is 12.8. The van der Waals surface area contributed by atoms with Crippen molar-refractivity contribution in [2.45, 2.75) is 30.9 Å². The first-order chi connectivity index (χ1) is 15.9. The zero-order valence-corrected chi connectivity index (χ0v) is 19.5. The Kier molecular flexibility index (Phi) is 7.27. The minimum Gasteiger partial charge on any atom is -0.487 e. The van der Waals surface area contributed by atoms with Gasteiger partial charge in [-0.1, -0.05) is 29.8 Å². The van der Waals surface area contributed by atoms with E-state index in [1.54, 1.807) is 6.20 Å². The molecule has 0 radical (unpaired) electrons. The molecule has 2 heterocycles. The molecule has 33 heavy (non-hydrogen) atoms. The average Bonchev–Trinajstić information content (AvgIpc) is 3.38. The highest BCUT2D eigenvalue weighted by Crippen LogP contribution is 2.25. The van der Waals surface area contributed by atoms with Gasteiger partial charge in [-0.2, -0.15) is 4.31 Å². The van der Waals surface area contributed by atoms with E-state index in [-0.39, 0.29) is 22.0 Å². The van der Waals surface area contributed by atoms with Crippen LogP contribution in [0.25, 0.3) is 0 Å². The Morgan fingerprint density at radius 2 is 1.88 bits per heavy atom. The molecule has 0 spiro atoms. The van der Waals surface area contributed by atoms with Gasteiger partial charge in [-0.25, -0.2) is 8.42 Å². The highest BCUT2D eigenvalue weighted by molar-refractivity contribution is 7.89. The third kappa shape index (κ3) is 5.71. The van der Waals surface area contributed by atoms with Crippen molar-refractivity contribution in [3.63, 3.8) is 0 Å². The molecule has 0 bridgehead atoms. The first-order valence-electron chi connectivity index (χ1n) is 10.6. The summed E-state index contributed by atoms with van der Waals surface area (Å²) in [6.45, 7) is 1.56. The first-order valence-corrected chi connectivity index (χ1v) is 12.4. The van der Waals surface area contributed by atoms with Crippen LogP contribution in [0.15, 0.2) is 71.8 Å². The van der Waals surface area contributed by atoms with Gasteiger partial charge in [0.1, 0.15) is 12.4 Å². The van der Waals surface area contributed by atoms with Gasteiger partial charge in [-0.3, -0.25) is 9.78 Å². The molecule has 7 nitrogen and oxygen atoms in total. The summed E-state index contributed by atoms with van der Waals surface area (Å²) in [5.41, 5.74) is 1.77. The van der Waals surface area contributed by atoms with Crippen molar-refractivity contribution in [3.05, 3.63) is 88.7 Å². The van der Waals surface area contributed by atoms with Crippen LogP contribution in [-0.4, -0.2) is 36.7 Å². The van der Waals surface area contributed by atoms with Gasteiger partial charge < -0.3 is 10.1 Å². The van der Waals surface area contributed by atoms with Gasteiger partial charge in [-0.15, -0.1) is 0 Å². The number of aromatic nitrogens is 1. The number of sulfonamides is 1. The van der Waals surface area contributed by atoms with E-state index in [1.807, 2.05) is 42.5 Å². The minimum absolute atomic E-state index is 0.0730. The molecule has 1 aromatic heterocycles. The van der Waals surface area contributed by atoms with Crippen molar-refractivity contribution in [3.8, 4) is 5.75 Å². The lowest BCUT2D eigenvalue weighted by atomic mass is 10.2. The molecule has 0 atom stereocenters. The highest BCUT2D eigenvalue weighted by atomic mass is 35.5. The SMILES string of the molecule is O=C(NCc1cccc(OCc2ccccn2)c1)c1cc(S(=O)(=O)N2CCCC2)ccc1Cl. The fourth-order valence-corrected chi connectivity index (χ4v) is 5.33. The van der Waals surface area contributed by atoms with Gasteiger partial charge in [0.15, 0.2) is 0 Å². The molecule has 4 rings (SSSR count). The van der Waals surface area contributed by atoms with Gasteiger partial charge >= 0.3 is 0 Å². The number of rotatable bonds is 8. The highest BCUT2D eigenvalue weighted by Gasteiger charge is 2.28. The zero-order valence-electron chi connectivity index (χ0n) is 17.9. The number of benzene rings is 2. The van der Waals surface area contributed by atoms with Crippen molar-refractivity contribution in [1.29, 1.82) is 0 Å². The summed E-state index contributed by atoms with van der Waals surface area (Å²) in [5.74, 6) is 0.211. The average molecular weight is 486 g/mol. The fraction of sp³-hybridized carbons (Fsp3) is 0.250. The largest absolute Gasteiger partial charge is 0.487 e. The van der Waals surface area contributed by atoms with Crippen LogP contribution in [0.4, 0.5) is 0 Å². The number of carbonyl (C=O) groups is 1. The summed E-state index contributed by atoms with van der Waals surface area (Å²) in [4.78, 5) is 17.1. The normalized spacial score (nSPS) is 14.2. The van der Waals surface area contributed by atoms with Crippen LogP contribution in [0.3, 0.4) is 0 Å². The monoisotopic (exact) mass is 485 g/mol. The van der Waals surface area contributed by atoms with E-state index in [9.17, 15) is 13.2 Å². The lowest BCUT2D eigenvalue weighted by Crippen LogP contribution is -2.28. The molecule has 3 aromatic rings. The van der Waals surface area contributed by atoms with Crippen molar-refractivity contribution in [2.24, 2.45) is 0 Å². The minimum atomic E-state index is -3.64.